The summed E-state index contributed by atoms with van der Waals surface area (Å²) in [5.74, 6) is -1.66. The van der Waals surface area contributed by atoms with E-state index in [-0.39, 0.29) is 35.4 Å². The zero-order chi connectivity index (χ0) is 18.3. The molecule has 1 amide bonds. The Bertz CT molecular complexity index is 682. The number of benzene rings is 1. The van der Waals surface area contributed by atoms with E-state index in [2.05, 4.69) is 5.32 Å². The summed E-state index contributed by atoms with van der Waals surface area (Å²) in [6.07, 6.45) is 0.501. The van der Waals surface area contributed by atoms with Crippen LogP contribution in [0.2, 0.25) is 0 Å². The van der Waals surface area contributed by atoms with Gasteiger partial charge in [-0.05, 0) is 30.0 Å². The predicted molar refractivity (Wildman–Crippen MR) is 91.5 cm³/mol. The molecule has 0 aliphatic rings. The first kappa shape index (κ1) is 20.2. The van der Waals surface area contributed by atoms with E-state index >= 15 is 0 Å². The van der Waals surface area contributed by atoms with Crippen LogP contribution >= 0.6 is 0 Å². The van der Waals surface area contributed by atoms with Crippen molar-refractivity contribution in [2.75, 3.05) is 12.3 Å². The number of nitrogens with one attached hydrogen (secondary N) is 1. The van der Waals surface area contributed by atoms with Crippen molar-refractivity contribution in [2.24, 2.45) is 11.8 Å². The van der Waals surface area contributed by atoms with Crippen LogP contribution in [-0.2, 0) is 25.8 Å². The fourth-order valence-corrected chi connectivity index (χ4v) is 3.29. The van der Waals surface area contributed by atoms with Crippen LogP contribution in [0.3, 0.4) is 0 Å². The second kappa shape index (κ2) is 8.82. The summed E-state index contributed by atoms with van der Waals surface area (Å²) in [5.41, 5.74) is 0.581. The Morgan fingerprint density at radius 1 is 1.25 bits per heavy atom. The summed E-state index contributed by atoms with van der Waals surface area (Å²) in [5, 5.41) is 11.8. The van der Waals surface area contributed by atoms with E-state index in [1.165, 1.54) is 12.1 Å². The quantitative estimate of drug-likeness (QED) is 0.704. The smallest absolute Gasteiger partial charge is 0.308 e. The number of amides is 1. The number of sulfone groups is 1. The van der Waals surface area contributed by atoms with Crippen molar-refractivity contribution in [1.82, 2.24) is 5.32 Å². The van der Waals surface area contributed by atoms with Gasteiger partial charge in [0, 0.05) is 6.54 Å². The van der Waals surface area contributed by atoms with E-state index in [0.29, 0.717) is 12.0 Å². The number of hydrogen-bond donors (Lipinski definition) is 2. The van der Waals surface area contributed by atoms with Gasteiger partial charge < -0.3 is 10.4 Å². The van der Waals surface area contributed by atoms with Gasteiger partial charge in [-0.1, -0.05) is 32.9 Å². The average molecular weight is 355 g/mol. The molecule has 1 aromatic rings. The van der Waals surface area contributed by atoms with Crippen molar-refractivity contribution >= 4 is 21.7 Å². The van der Waals surface area contributed by atoms with Crippen LogP contribution in [0.1, 0.15) is 32.8 Å². The zero-order valence-electron chi connectivity index (χ0n) is 14.3. The Hall–Kier alpha value is -1.89. The molecule has 0 aromatic heterocycles. The Labute approximate surface area is 143 Å². The molecule has 7 heteroatoms. The van der Waals surface area contributed by atoms with Crippen LogP contribution in [-0.4, -0.2) is 37.7 Å². The Morgan fingerprint density at radius 2 is 1.92 bits per heavy atom. The first-order valence-electron chi connectivity index (χ1n) is 7.97. The fourth-order valence-electron chi connectivity index (χ4n) is 2.34. The van der Waals surface area contributed by atoms with Crippen LogP contribution in [0.5, 0.6) is 0 Å². The minimum atomic E-state index is -3.32. The first-order valence-corrected chi connectivity index (χ1v) is 9.62. The third-order valence-electron chi connectivity index (χ3n) is 3.65. The maximum absolute atomic E-state index is 12.0. The second-order valence-electron chi connectivity index (χ2n) is 6.20. The topological polar surface area (TPSA) is 101 Å². The molecule has 134 valence electrons. The zero-order valence-corrected chi connectivity index (χ0v) is 15.1. The number of aliphatic carboxylic acids is 1. The van der Waals surface area contributed by atoms with Gasteiger partial charge in [-0.15, -0.1) is 0 Å². The van der Waals surface area contributed by atoms with E-state index in [9.17, 15) is 18.0 Å². The summed E-state index contributed by atoms with van der Waals surface area (Å²) in [4.78, 5) is 23.4. The highest BCUT2D eigenvalue weighted by Crippen LogP contribution is 2.14. The fraction of sp³-hybridized carbons (Fsp3) is 0.529. The maximum Gasteiger partial charge on any atom is 0.308 e. The molecule has 0 aliphatic heterocycles. The molecular weight excluding hydrogens is 330 g/mol. The molecule has 1 rings (SSSR count). The monoisotopic (exact) mass is 355 g/mol. The van der Waals surface area contributed by atoms with Crippen molar-refractivity contribution in [3.8, 4) is 0 Å². The molecule has 0 aliphatic carbocycles. The molecule has 1 aromatic carbocycles. The van der Waals surface area contributed by atoms with Crippen LogP contribution in [0.25, 0.3) is 0 Å². The van der Waals surface area contributed by atoms with Crippen LogP contribution in [0.4, 0.5) is 0 Å². The number of carboxylic acid groups (broad SMARTS) is 1. The van der Waals surface area contributed by atoms with Gasteiger partial charge in [-0.3, -0.25) is 9.59 Å². The lowest BCUT2D eigenvalue weighted by Gasteiger charge is -2.15. The second-order valence-corrected chi connectivity index (χ2v) is 8.47. The summed E-state index contributed by atoms with van der Waals surface area (Å²) < 4.78 is 23.7. The molecule has 6 nitrogen and oxygen atoms in total. The summed E-state index contributed by atoms with van der Waals surface area (Å²) in [7, 11) is -3.32. The molecule has 0 radical (unpaired) electrons. The number of carbonyl (C=O) groups is 2. The van der Waals surface area contributed by atoms with E-state index < -0.39 is 21.7 Å². The molecule has 0 heterocycles. The molecule has 24 heavy (non-hydrogen) atoms. The third-order valence-corrected chi connectivity index (χ3v) is 5.39. The lowest BCUT2D eigenvalue weighted by molar-refractivity contribution is -0.142. The Balaban J connectivity index is 2.68. The van der Waals surface area contributed by atoms with Crippen molar-refractivity contribution in [1.29, 1.82) is 0 Å². The van der Waals surface area contributed by atoms with E-state index in [1.807, 2.05) is 13.8 Å². The molecule has 0 bridgehead atoms. The van der Waals surface area contributed by atoms with Gasteiger partial charge in [-0.25, -0.2) is 8.42 Å². The third kappa shape index (κ3) is 6.31. The summed E-state index contributed by atoms with van der Waals surface area (Å²) in [6.45, 7) is 5.49. The normalized spacial score (nSPS) is 12.8. The molecule has 0 saturated heterocycles. The van der Waals surface area contributed by atoms with Crippen LogP contribution < -0.4 is 5.32 Å². The van der Waals surface area contributed by atoms with Crippen molar-refractivity contribution < 1.29 is 23.1 Å². The molecule has 0 saturated carbocycles. The average Bonchev–Trinajstić information content (AvgIpc) is 2.51. The highest BCUT2D eigenvalue weighted by atomic mass is 32.2. The predicted octanol–water partition coefficient (Wildman–Crippen LogP) is 1.89. The van der Waals surface area contributed by atoms with Gasteiger partial charge in [0.25, 0.3) is 0 Å². The first-order chi connectivity index (χ1) is 11.2. The standard InChI is InChI=1S/C17H25NO5S/c1-4-24(22,23)15-7-5-6-13(9-15)10-16(19)18-11-14(17(20)21)8-12(2)3/h5-7,9,12,14H,4,8,10-11H2,1-3H3,(H,18,19)(H,20,21). The summed E-state index contributed by atoms with van der Waals surface area (Å²) in [6, 6.07) is 6.27. The lowest BCUT2D eigenvalue weighted by atomic mass is 9.97. The minimum Gasteiger partial charge on any atom is -0.481 e. The lowest BCUT2D eigenvalue weighted by Crippen LogP contribution is -2.34. The van der Waals surface area contributed by atoms with Gasteiger partial charge in [-0.2, -0.15) is 0 Å². The Kier molecular flexibility index (Phi) is 7.41. The van der Waals surface area contributed by atoms with Crippen molar-refractivity contribution in [3.05, 3.63) is 29.8 Å². The van der Waals surface area contributed by atoms with Gasteiger partial charge in [0.15, 0.2) is 9.84 Å². The Morgan fingerprint density at radius 3 is 2.46 bits per heavy atom. The van der Waals surface area contributed by atoms with E-state index in [0.717, 1.165) is 0 Å². The van der Waals surface area contributed by atoms with Gasteiger partial charge in [0.05, 0.1) is 23.0 Å². The molecule has 1 atom stereocenters. The molecule has 2 N–H and O–H groups in total. The maximum atomic E-state index is 12.0. The van der Waals surface area contributed by atoms with Gasteiger partial charge >= 0.3 is 5.97 Å². The van der Waals surface area contributed by atoms with Crippen LogP contribution in [0, 0.1) is 11.8 Å². The number of carbonyl (C=O) groups excluding carboxylic acids is 1. The molecule has 0 fully saturated rings. The van der Waals surface area contributed by atoms with E-state index in [4.69, 9.17) is 5.11 Å². The van der Waals surface area contributed by atoms with Gasteiger partial charge in [0.2, 0.25) is 5.91 Å². The van der Waals surface area contributed by atoms with Crippen LogP contribution in [0.15, 0.2) is 29.2 Å². The summed E-state index contributed by atoms with van der Waals surface area (Å²) >= 11 is 0. The minimum absolute atomic E-state index is 0.00184. The molecule has 0 spiro atoms. The van der Waals surface area contributed by atoms with Crippen molar-refractivity contribution in [2.45, 2.75) is 38.5 Å². The molecule has 1 unspecified atom stereocenters. The number of hydrogen-bond acceptors (Lipinski definition) is 4. The highest BCUT2D eigenvalue weighted by molar-refractivity contribution is 7.91. The van der Waals surface area contributed by atoms with Gasteiger partial charge in [0.1, 0.15) is 0 Å². The van der Waals surface area contributed by atoms with Crippen molar-refractivity contribution in [3.63, 3.8) is 0 Å². The number of rotatable bonds is 9. The largest absolute Gasteiger partial charge is 0.481 e. The molecular formula is C17H25NO5S. The highest BCUT2D eigenvalue weighted by Gasteiger charge is 2.20. The SMILES string of the molecule is CCS(=O)(=O)c1cccc(CC(=O)NCC(CC(C)C)C(=O)O)c1. The number of carboxylic acids is 1. The van der Waals surface area contributed by atoms with E-state index in [1.54, 1.807) is 19.1 Å².